The lowest BCUT2D eigenvalue weighted by Crippen LogP contribution is -2.29. The number of carboxylic acids is 1. The van der Waals surface area contributed by atoms with Crippen LogP contribution in [-0.2, 0) is 0 Å². The van der Waals surface area contributed by atoms with Crippen LogP contribution < -0.4 is 15.4 Å². The molecule has 37 heavy (non-hydrogen) atoms. The van der Waals surface area contributed by atoms with Crippen molar-refractivity contribution in [3.63, 3.8) is 0 Å². The first-order valence-corrected chi connectivity index (χ1v) is 12.9. The minimum atomic E-state index is -1.06. The van der Waals surface area contributed by atoms with Gasteiger partial charge < -0.3 is 20.5 Å². The number of nitrogens with zero attached hydrogens (tertiary/aromatic N) is 1. The van der Waals surface area contributed by atoms with E-state index >= 15 is 0 Å². The van der Waals surface area contributed by atoms with E-state index in [1.54, 1.807) is 12.1 Å². The van der Waals surface area contributed by atoms with E-state index < -0.39 is 5.97 Å². The summed E-state index contributed by atoms with van der Waals surface area (Å²) in [6.45, 7) is 9.30. The summed E-state index contributed by atoms with van der Waals surface area (Å²) in [4.78, 5) is 29.8. The first-order valence-electron chi connectivity index (χ1n) is 12.9. The van der Waals surface area contributed by atoms with Gasteiger partial charge in [0.05, 0.1) is 11.3 Å². The quantitative estimate of drug-likeness (QED) is 0.402. The molecule has 0 bridgehead atoms. The second-order valence-electron chi connectivity index (χ2n) is 9.53. The number of hydrogen-bond acceptors (Lipinski definition) is 5. The summed E-state index contributed by atoms with van der Waals surface area (Å²) in [5, 5.41) is 16.3. The van der Waals surface area contributed by atoms with Gasteiger partial charge >= 0.3 is 5.97 Å². The predicted octanol–water partition coefficient (Wildman–Crippen LogP) is 5.71. The maximum Gasteiger partial charge on any atom is 0.336 e. The second kappa shape index (κ2) is 11.0. The molecule has 1 amide bonds. The number of rotatable bonds is 8. The Kier molecular flexibility index (Phi) is 7.81. The number of nitrogens with one attached hydrogen (secondary N) is 2. The molecule has 1 aliphatic heterocycles. The number of carbonyl (C=O) groups is 2. The summed E-state index contributed by atoms with van der Waals surface area (Å²) in [5.41, 5.74) is 5.91. The van der Waals surface area contributed by atoms with Gasteiger partial charge in [-0.1, -0.05) is 25.5 Å². The largest absolute Gasteiger partial charge is 0.478 e. The molecule has 2 unspecified atom stereocenters. The molecular formula is C30H35N3O4. The molecule has 4 rings (SSSR count). The van der Waals surface area contributed by atoms with E-state index in [1.807, 2.05) is 40.0 Å². The van der Waals surface area contributed by atoms with Gasteiger partial charge in [-0.05, 0) is 62.1 Å². The van der Waals surface area contributed by atoms with Crippen LogP contribution in [0.2, 0.25) is 0 Å². The molecule has 0 aromatic heterocycles. The van der Waals surface area contributed by atoms with Crippen molar-refractivity contribution in [1.29, 1.82) is 0 Å². The van der Waals surface area contributed by atoms with Crippen molar-refractivity contribution in [2.75, 3.05) is 25.5 Å². The van der Waals surface area contributed by atoms with E-state index in [4.69, 9.17) is 4.74 Å². The number of unbranched alkanes of at least 4 members (excludes halogenated alkanes) is 1. The summed E-state index contributed by atoms with van der Waals surface area (Å²) in [6, 6.07) is 9.04. The number of aryl methyl sites for hydroxylation is 1. The highest BCUT2D eigenvalue weighted by molar-refractivity contribution is 6.09. The summed E-state index contributed by atoms with van der Waals surface area (Å²) in [7, 11) is 1.86. The van der Waals surface area contributed by atoms with Gasteiger partial charge in [0, 0.05) is 60.9 Å². The van der Waals surface area contributed by atoms with E-state index in [0.717, 1.165) is 46.7 Å². The molecule has 7 heteroatoms. The standard InChI is InChI=1S/C30H35N3O4/c1-6-8-11-33-29(34)19-9-10-20(21(14-19)30(35)36)28-22-12-17(3)24(31-5)15-26(22)37-27-16-25(32-7-2)18(4)13-23(27)28/h9-10,12-16,23,28,31H,6-8,11H2,1-5H3,(H,33,34)(H,35,36)/b32-25-. The molecule has 7 nitrogen and oxygen atoms in total. The monoisotopic (exact) mass is 501 g/mol. The van der Waals surface area contributed by atoms with Crippen molar-refractivity contribution in [1.82, 2.24) is 5.32 Å². The smallest absolute Gasteiger partial charge is 0.336 e. The summed E-state index contributed by atoms with van der Waals surface area (Å²) >= 11 is 0. The molecule has 2 atom stereocenters. The summed E-state index contributed by atoms with van der Waals surface area (Å²) in [6.07, 6.45) is 5.92. The number of fused-ring (bicyclic) bond motifs is 2. The van der Waals surface area contributed by atoms with Crippen molar-refractivity contribution in [3.05, 3.63) is 81.6 Å². The van der Waals surface area contributed by atoms with Crippen LogP contribution in [0.3, 0.4) is 0 Å². The molecule has 2 aliphatic rings. The van der Waals surface area contributed by atoms with Crippen LogP contribution >= 0.6 is 0 Å². The van der Waals surface area contributed by atoms with Crippen LogP contribution in [-0.4, -0.2) is 42.8 Å². The van der Waals surface area contributed by atoms with E-state index in [2.05, 4.69) is 34.7 Å². The molecule has 2 aromatic carbocycles. The minimum Gasteiger partial charge on any atom is -0.478 e. The van der Waals surface area contributed by atoms with Gasteiger partial charge in [-0.2, -0.15) is 0 Å². The Hall–Kier alpha value is -3.87. The zero-order valence-corrected chi connectivity index (χ0v) is 22.1. The third-order valence-electron chi connectivity index (χ3n) is 7.01. The first-order chi connectivity index (χ1) is 17.8. The molecular weight excluding hydrogens is 466 g/mol. The molecule has 0 fully saturated rings. The molecule has 0 saturated heterocycles. The number of aliphatic imine (C=N–C) groups is 1. The van der Waals surface area contributed by atoms with Crippen molar-refractivity contribution in [2.24, 2.45) is 10.9 Å². The number of allylic oxidation sites excluding steroid dienone is 3. The van der Waals surface area contributed by atoms with Gasteiger partial charge in [0.25, 0.3) is 5.91 Å². The number of carbonyl (C=O) groups excluding carboxylic acids is 1. The van der Waals surface area contributed by atoms with Gasteiger partial charge in [-0.15, -0.1) is 0 Å². The number of aromatic carboxylic acids is 1. The average molecular weight is 502 g/mol. The molecule has 0 spiro atoms. The Morgan fingerprint density at radius 3 is 2.57 bits per heavy atom. The number of hydrogen-bond donors (Lipinski definition) is 3. The van der Waals surface area contributed by atoms with Gasteiger partial charge in [0.15, 0.2) is 0 Å². The van der Waals surface area contributed by atoms with Crippen LogP contribution in [0.4, 0.5) is 5.69 Å². The van der Waals surface area contributed by atoms with Crippen molar-refractivity contribution < 1.29 is 19.4 Å². The molecule has 194 valence electrons. The second-order valence-corrected chi connectivity index (χ2v) is 9.53. The van der Waals surface area contributed by atoms with Crippen LogP contribution in [0.5, 0.6) is 5.75 Å². The highest BCUT2D eigenvalue weighted by Gasteiger charge is 2.39. The number of carboxylic acid groups (broad SMARTS) is 1. The van der Waals surface area contributed by atoms with Crippen LogP contribution in [0, 0.1) is 12.8 Å². The summed E-state index contributed by atoms with van der Waals surface area (Å²) in [5.74, 6) is -0.418. The highest BCUT2D eigenvalue weighted by atomic mass is 16.5. The topological polar surface area (TPSA) is 100 Å². The maximum atomic E-state index is 12.7. The van der Waals surface area contributed by atoms with E-state index in [-0.39, 0.29) is 23.3 Å². The Morgan fingerprint density at radius 2 is 1.89 bits per heavy atom. The molecule has 0 saturated carbocycles. The fourth-order valence-electron chi connectivity index (χ4n) is 5.11. The maximum absolute atomic E-state index is 12.7. The lowest BCUT2D eigenvalue weighted by atomic mass is 9.73. The number of ether oxygens (including phenoxy) is 1. The number of benzene rings is 2. The Labute approximate surface area is 218 Å². The summed E-state index contributed by atoms with van der Waals surface area (Å²) < 4.78 is 6.41. The highest BCUT2D eigenvalue weighted by Crippen LogP contribution is 2.50. The third kappa shape index (κ3) is 5.17. The normalized spacial score (nSPS) is 19.2. The van der Waals surface area contributed by atoms with Crippen molar-refractivity contribution in [3.8, 4) is 5.75 Å². The minimum absolute atomic E-state index is 0.120. The van der Waals surface area contributed by atoms with Gasteiger partial charge in [0.2, 0.25) is 0 Å². The van der Waals surface area contributed by atoms with Crippen LogP contribution in [0.25, 0.3) is 0 Å². The van der Waals surface area contributed by atoms with E-state index in [1.165, 1.54) is 6.07 Å². The zero-order chi connectivity index (χ0) is 26.7. The SMILES string of the molecule is CCCCNC(=O)c1ccc(C2c3cc(C)c(NC)cc3OC3=C/C(=N/CC)C(C)=CC32)c(C(=O)O)c1. The lowest BCUT2D eigenvalue weighted by Gasteiger charge is -2.37. The van der Waals surface area contributed by atoms with Crippen LogP contribution in [0.15, 0.2) is 58.8 Å². The number of amides is 1. The number of anilines is 1. The lowest BCUT2D eigenvalue weighted by molar-refractivity contribution is 0.0695. The zero-order valence-electron chi connectivity index (χ0n) is 22.1. The first kappa shape index (κ1) is 26.2. The van der Waals surface area contributed by atoms with Gasteiger partial charge in [0.1, 0.15) is 11.5 Å². The van der Waals surface area contributed by atoms with Crippen molar-refractivity contribution in [2.45, 2.75) is 46.5 Å². The van der Waals surface area contributed by atoms with Crippen molar-refractivity contribution >= 4 is 23.3 Å². The molecule has 2 aromatic rings. The average Bonchev–Trinajstić information content (AvgIpc) is 2.88. The fraction of sp³-hybridized carbons (Fsp3) is 0.367. The fourth-order valence-corrected chi connectivity index (χ4v) is 5.11. The van der Waals surface area contributed by atoms with E-state index in [9.17, 15) is 14.7 Å². The van der Waals surface area contributed by atoms with Gasteiger partial charge in [-0.25, -0.2) is 4.79 Å². The molecule has 3 N–H and O–H groups in total. The molecule has 1 heterocycles. The molecule has 0 radical (unpaired) electrons. The predicted molar refractivity (Wildman–Crippen MR) is 147 cm³/mol. The Bertz CT molecular complexity index is 1320. The van der Waals surface area contributed by atoms with Gasteiger partial charge in [-0.3, -0.25) is 9.79 Å². The van der Waals surface area contributed by atoms with Crippen LogP contribution in [0.1, 0.15) is 76.9 Å². The molecule has 1 aliphatic carbocycles. The third-order valence-corrected chi connectivity index (χ3v) is 7.01. The van der Waals surface area contributed by atoms with E-state index in [0.29, 0.717) is 30.0 Å². The Morgan fingerprint density at radius 1 is 1.11 bits per heavy atom. The Balaban J connectivity index is 1.88.